The van der Waals surface area contributed by atoms with Crippen LogP contribution in [0.1, 0.15) is 33.5 Å². The van der Waals surface area contributed by atoms with E-state index in [-0.39, 0.29) is 0 Å². The minimum Gasteiger partial charge on any atom is -0.284 e. The van der Waals surface area contributed by atoms with Gasteiger partial charge in [-0.05, 0) is 82.1 Å². The van der Waals surface area contributed by atoms with E-state index >= 15 is 0 Å². The van der Waals surface area contributed by atoms with Crippen molar-refractivity contribution in [3.8, 4) is 39.5 Å². The van der Waals surface area contributed by atoms with Crippen LogP contribution in [0, 0.1) is 13.8 Å². The lowest BCUT2D eigenvalue weighted by Gasteiger charge is -2.34. The lowest BCUT2D eigenvalue weighted by Crippen LogP contribution is -2.28. The van der Waals surface area contributed by atoms with E-state index in [0.29, 0.717) is 0 Å². The van der Waals surface area contributed by atoms with Crippen LogP contribution in [0.15, 0.2) is 152 Å². The summed E-state index contributed by atoms with van der Waals surface area (Å²) < 4.78 is 2.07. The first-order valence-electron chi connectivity index (χ1n) is 15.1. The fraction of sp³-hybridized carbons (Fsp3) is 0.0732. The highest BCUT2D eigenvalue weighted by atomic mass is 15.1. The quantitative estimate of drug-likeness (QED) is 0.208. The third-order valence-corrected chi connectivity index (χ3v) is 8.91. The number of hydrogen-bond donors (Lipinski definition) is 0. The largest absolute Gasteiger partial charge is 0.284 e. The van der Waals surface area contributed by atoms with Crippen molar-refractivity contribution in [2.45, 2.75) is 19.3 Å². The number of aromatic nitrogens is 3. The van der Waals surface area contributed by atoms with Crippen molar-refractivity contribution >= 4 is 0 Å². The van der Waals surface area contributed by atoms with E-state index in [2.05, 4.69) is 151 Å². The summed E-state index contributed by atoms with van der Waals surface area (Å²) in [5, 5.41) is 0. The Kier molecular flexibility index (Phi) is 6.13. The number of aryl methyl sites for hydroxylation is 2. The topological polar surface area (TPSA) is 30.7 Å². The van der Waals surface area contributed by atoms with Crippen molar-refractivity contribution in [2.24, 2.45) is 0 Å². The van der Waals surface area contributed by atoms with E-state index in [1.807, 2.05) is 19.3 Å². The number of rotatable bonds is 5. The lowest BCUT2D eigenvalue weighted by atomic mass is 9.67. The Morgan fingerprint density at radius 3 is 1.86 bits per heavy atom. The molecule has 0 fully saturated rings. The van der Waals surface area contributed by atoms with Crippen molar-refractivity contribution in [3.63, 3.8) is 0 Å². The molecule has 0 aliphatic heterocycles. The summed E-state index contributed by atoms with van der Waals surface area (Å²) >= 11 is 0. The van der Waals surface area contributed by atoms with Gasteiger partial charge >= 0.3 is 0 Å². The van der Waals surface area contributed by atoms with Gasteiger partial charge in [0, 0.05) is 23.7 Å². The maximum Gasteiger partial charge on any atom is 0.145 e. The predicted octanol–water partition coefficient (Wildman–Crippen LogP) is 9.58. The van der Waals surface area contributed by atoms with E-state index in [9.17, 15) is 0 Å². The molecule has 5 aromatic carbocycles. The summed E-state index contributed by atoms with van der Waals surface area (Å²) in [5.74, 6) is 1.76. The summed E-state index contributed by atoms with van der Waals surface area (Å²) in [4.78, 5) is 9.47. The van der Waals surface area contributed by atoms with Crippen LogP contribution in [0.5, 0.6) is 0 Å². The Morgan fingerprint density at radius 1 is 0.545 bits per heavy atom. The summed E-state index contributed by atoms with van der Waals surface area (Å²) in [6.07, 6.45) is 3.82. The Morgan fingerprint density at radius 2 is 1.16 bits per heavy atom. The molecule has 0 N–H and O–H groups in total. The molecule has 0 atom stereocenters. The number of benzene rings is 5. The van der Waals surface area contributed by atoms with Gasteiger partial charge in [0.1, 0.15) is 11.6 Å². The zero-order valence-corrected chi connectivity index (χ0v) is 24.8. The number of hydrogen-bond acceptors (Lipinski definition) is 2. The fourth-order valence-corrected chi connectivity index (χ4v) is 7.08. The molecule has 0 radical (unpaired) electrons. The van der Waals surface area contributed by atoms with Crippen LogP contribution in [0.2, 0.25) is 0 Å². The monoisotopic (exact) mass is 565 g/mol. The first kappa shape index (κ1) is 26.1. The zero-order chi connectivity index (χ0) is 29.7. The van der Waals surface area contributed by atoms with E-state index < -0.39 is 5.41 Å². The number of fused-ring (bicyclic) bond motifs is 3. The molecular formula is C41H31N3. The van der Waals surface area contributed by atoms with Crippen molar-refractivity contribution in [1.29, 1.82) is 0 Å². The minimum atomic E-state index is -0.409. The van der Waals surface area contributed by atoms with Gasteiger partial charge in [-0.25, -0.2) is 9.97 Å². The van der Waals surface area contributed by atoms with Crippen molar-refractivity contribution in [1.82, 2.24) is 14.5 Å². The molecule has 1 aliphatic carbocycles. The SMILES string of the molecule is Cc1cc(C)nc(-n2ccnc2-c2ccc(-c3ccc4c(c3)C(c3ccccc3)(c3ccccc3)c3ccccc3-4)cc2)c1. The van der Waals surface area contributed by atoms with Crippen molar-refractivity contribution in [2.75, 3.05) is 0 Å². The van der Waals surface area contributed by atoms with Crippen LogP contribution in [-0.2, 0) is 5.41 Å². The lowest BCUT2D eigenvalue weighted by molar-refractivity contribution is 0.769. The van der Waals surface area contributed by atoms with Gasteiger partial charge in [0.05, 0.1) is 5.41 Å². The van der Waals surface area contributed by atoms with Gasteiger partial charge in [-0.2, -0.15) is 0 Å². The van der Waals surface area contributed by atoms with Crippen LogP contribution < -0.4 is 0 Å². The second-order valence-corrected chi connectivity index (χ2v) is 11.6. The van der Waals surface area contributed by atoms with E-state index in [4.69, 9.17) is 9.97 Å². The molecule has 0 saturated heterocycles. The maximum absolute atomic E-state index is 4.76. The molecule has 44 heavy (non-hydrogen) atoms. The first-order valence-corrected chi connectivity index (χ1v) is 15.1. The molecule has 0 spiro atoms. The normalized spacial score (nSPS) is 13.0. The van der Waals surface area contributed by atoms with Gasteiger partial charge in [0.25, 0.3) is 0 Å². The van der Waals surface area contributed by atoms with Crippen LogP contribution >= 0.6 is 0 Å². The van der Waals surface area contributed by atoms with Crippen LogP contribution in [0.25, 0.3) is 39.5 Å². The maximum atomic E-state index is 4.76. The van der Waals surface area contributed by atoms with E-state index in [1.54, 1.807) is 0 Å². The highest BCUT2D eigenvalue weighted by molar-refractivity contribution is 5.88. The molecule has 210 valence electrons. The molecule has 7 aromatic rings. The Labute approximate surface area is 258 Å². The Hall–Kier alpha value is -5.54. The van der Waals surface area contributed by atoms with Gasteiger partial charge in [0.2, 0.25) is 0 Å². The average Bonchev–Trinajstić information content (AvgIpc) is 3.67. The highest BCUT2D eigenvalue weighted by Gasteiger charge is 2.46. The summed E-state index contributed by atoms with van der Waals surface area (Å²) in [5.41, 5.74) is 13.0. The van der Waals surface area contributed by atoms with Gasteiger partial charge in [-0.15, -0.1) is 0 Å². The molecule has 2 aromatic heterocycles. The molecule has 2 heterocycles. The average molecular weight is 566 g/mol. The third kappa shape index (κ3) is 4.05. The van der Waals surface area contributed by atoms with Gasteiger partial charge in [0.15, 0.2) is 0 Å². The second-order valence-electron chi connectivity index (χ2n) is 11.6. The highest BCUT2D eigenvalue weighted by Crippen LogP contribution is 2.56. The van der Waals surface area contributed by atoms with Crippen molar-refractivity contribution < 1.29 is 0 Å². The summed E-state index contributed by atoms with van der Waals surface area (Å²) in [7, 11) is 0. The fourth-order valence-electron chi connectivity index (χ4n) is 7.08. The van der Waals surface area contributed by atoms with Gasteiger partial charge in [-0.3, -0.25) is 4.57 Å². The molecule has 1 aliphatic rings. The standard InChI is InChI=1S/C41H31N3/c1-28-25-29(2)43-39(26-28)44-24-23-42-40(44)31-19-17-30(18-20-31)32-21-22-36-35-15-9-10-16-37(35)41(38(36)27-32,33-11-5-3-6-12-33)34-13-7-4-8-14-34/h3-27H,1-2H3. The smallest absolute Gasteiger partial charge is 0.145 e. The predicted molar refractivity (Wildman–Crippen MR) is 179 cm³/mol. The zero-order valence-electron chi connectivity index (χ0n) is 24.8. The number of imidazole rings is 1. The van der Waals surface area contributed by atoms with E-state index in [1.165, 1.54) is 50.1 Å². The Balaban J connectivity index is 1.26. The molecule has 8 rings (SSSR count). The molecule has 3 heteroatoms. The molecule has 3 nitrogen and oxygen atoms in total. The summed E-state index contributed by atoms with van der Waals surface area (Å²) in [6, 6.07) is 50.7. The molecule has 0 unspecified atom stereocenters. The Bertz CT molecular complexity index is 2060. The molecule has 0 saturated carbocycles. The van der Waals surface area contributed by atoms with Crippen LogP contribution in [0.3, 0.4) is 0 Å². The van der Waals surface area contributed by atoms with Crippen molar-refractivity contribution in [3.05, 3.63) is 185 Å². The van der Waals surface area contributed by atoms with Crippen LogP contribution in [-0.4, -0.2) is 14.5 Å². The summed E-state index contributed by atoms with van der Waals surface area (Å²) in [6.45, 7) is 4.13. The van der Waals surface area contributed by atoms with Crippen LogP contribution in [0.4, 0.5) is 0 Å². The first-order chi connectivity index (χ1) is 21.6. The third-order valence-electron chi connectivity index (χ3n) is 8.91. The second kappa shape index (κ2) is 10.3. The molecule has 0 bridgehead atoms. The van der Waals surface area contributed by atoms with Gasteiger partial charge < -0.3 is 0 Å². The number of pyridine rings is 1. The molecular weight excluding hydrogens is 534 g/mol. The molecule has 0 amide bonds. The van der Waals surface area contributed by atoms with Gasteiger partial charge in [-0.1, -0.05) is 121 Å². The number of nitrogens with zero attached hydrogens (tertiary/aromatic N) is 3. The van der Waals surface area contributed by atoms with E-state index in [0.717, 1.165) is 22.9 Å². The minimum absolute atomic E-state index is 0.409.